The molecular weight excluding hydrogens is 461 g/mol. The number of carbonyl (C=O) groups is 2. The van der Waals surface area contributed by atoms with E-state index in [-0.39, 0.29) is 5.89 Å². The second-order valence-corrected chi connectivity index (χ2v) is 8.07. The van der Waals surface area contributed by atoms with Crippen molar-refractivity contribution in [3.05, 3.63) is 95.2 Å². The van der Waals surface area contributed by atoms with Crippen LogP contribution in [0.1, 0.15) is 0 Å². The Kier molecular flexibility index (Phi) is 7.19. The Morgan fingerprint density at radius 3 is 2.47 bits per heavy atom. The van der Waals surface area contributed by atoms with E-state index in [9.17, 15) is 18.8 Å². The monoisotopic (exact) mass is 479 g/mol. The second-order valence-electron chi connectivity index (χ2n) is 6.96. The number of carbonyl (C=O) groups excluding carboxylic acids is 2. The fraction of sp³-hybridized carbons (Fsp3) is 0.0833. The van der Waals surface area contributed by atoms with E-state index in [0.717, 1.165) is 14.5 Å². The molecule has 34 heavy (non-hydrogen) atoms. The first-order chi connectivity index (χ1) is 16.5. The number of rotatable bonds is 8. The molecule has 0 aliphatic carbocycles. The Bertz CT molecular complexity index is 1350. The zero-order valence-corrected chi connectivity index (χ0v) is 18.5. The van der Waals surface area contributed by atoms with Crippen molar-refractivity contribution in [3.8, 4) is 11.5 Å². The molecule has 10 heteroatoms. The van der Waals surface area contributed by atoms with E-state index < -0.39 is 36.6 Å². The Hall–Kier alpha value is -4.18. The van der Waals surface area contributed by atoms with E-state index in [1.54, 1.807) is 12.1 Å². The fourth-order valence-electron chi connectivity index (χ4n) is 2.89. The van der Waals surface area contributed by atoms with Crippen LogP contribution >= 0.6 is 11.8 Å². The summed E-state index contributed by atoms with van der Waals surface area (Å²) in [4.78, 5) is 38.2. The maximum atomic E-state index is 13.1. The molecule has 0 atom stereocenters. The molecule has 3 aromatic carbocycles. The summed E-state index contributed by atoms with van der Waals surface area (Å²) in [6, 6.07) is 22.1. The van der Waals surface area contributed by atoms with Crippen LogP contribution in [-0.2, 0) is 20.9 Å². The van der Waals surface area contributed by atoms with E-state index in [2.05, 4.69) is 10.4 Å². The fourth-order valence-corrected chi connectivity index (χ4v) is 3.81. The molecule has 0 unspecified atom stereocenters. The van der Waals surface area contributed by atoms with Gasteiger partial charge in [0.2, 0.25) is 5.89 Å². The smallest absolute Gasteiger partial charge is 0.437 e. The summed E-state index contributed by atoms with van der Waals surface area (Å²) in [5, 5.41) is 6.63. The molecule has 0 radical (unpaired) electrons. The van der Waals surface area contributed by atoms with Gasteiger partial charge in [-0.2, -0.15) is 4.68 Å². The van der Waals surface area contributed by atoms with Crippen molar-refractivity contribution in [2.45, 2.75) is 16.3 Å². The van der Waals surface area contributed by atoms with E-state index in [4.69, 9.17) is 9.15 Å². The number of nitrogens with one attached hydrogen (secondary N) is 1. The topological polar surface area (TPSA) is 103 Å². The summed E-state index contributed by atoms with van der Waals surface area (Å²) < 4.78 is 23.8. The normalized spacial score (nSPS) is 10.6. The Morgan fingerprint density at radius 2 is 1.71 bits per heavy atom. The van der Waals surface area contributed by atoms with Crippen LogP contribution in [0.4, 0.5) is 10.1 Å². The van der Waals surface area contributed by atoms with Gasteiger partial charge in [0.1, 0.15) is 12.4 Å². The lowest BCUT2D eigenvalue weighted by Gasteiger charge is -2.11. The van der Waals surface area contributed by atoms with Crippen molar-refractivity contribution in [3.63, 3.8) is 0 Å². The van der Waals surface area contributed by atoms with Gasteiger partial charge in [0.25, 0.3) is 5.91 Å². The van der Waals surface area contributed by atoms with Crippen molar-refractivity contribution >= 4 is 29.3 Å². The predicted molar refractivity (Wildman–Crippen MR) is 123 cm³/mol. The Balaban J connectivity index is 1.32. The molecule has 0 aliphatic heterocycles. The number of aromatic nitrogens is 2. The van der Waals surface area contributed by atoms with Gasteiger partial charge < -0.3 is 14.5 Å². The molecule has 1 amide bonds. The van der Waals surface area contributed by atoms with Crippen LogP contribution in [-0.4, -0.2) is 28.3 Å². The Labute approximate surface area is 197 Å². The van der Waals surface area contributed by atoms with Crippen molar-refractivity contribution < 1.29 is 23.1 Å². The molecule has 8 nitrogen and oxygen atoms in total. The average Bonchev–Trinajstić information content (AvgIpc) is 3.20. The van der Waals surface area contributed by atoms with Crippen molar-refractivity contribution in [1.29, 1.82) is 0 Å². The molecule has 1 N–H and O–H groups in total. The third-order valence-corrected chi connectivity index (χ3v) is 5.56. The molecule has 172 valence electrons. The molecule has 4 aromatic rings. The molecule has 0 saturated carbocycles. The van der Waals surface area contributed by atoms with Crippen molar-refractivity contribution in [2.24, 2.45) is 0 Å². The molecule has 0 spiro atoms. The highest BCUT2D eigenvalue weighted by atomic mass is 32.2. The minimum Gasteiger partial charge on any atom is -0.454 e. The molecule has 0 bridgehead atoms. The summed E-state index contributed by atoms with van der Waals surface area (Å²) in [5.41, 5.74) is 0.950. The van der Waals surface area contributed by atoms with E-state index >= 15 is 0 Å². The van der Waals surface area contributed by atoms with Gasteiger partial charge in [0.15, 0.2) is 6.61 Å². The molecule has 4 rings (SSSR count). The predicted octanol–water partition coefficient (Wildman–Crippen LogP) is 3.98. The van der Waals surface area contributed by atoms with Crippen LogP contribution in [0.5, 0.6) is 0 Å². The first-order valence-electron chi connectivity index (χ1n) is 10.1. The van der Waals surface area contributed by atoms with Gasteiger partial charge in [-0.05, 0) is 48.5 Å². The first kappa shape index (κ1) is 23.0. The summed E-state index contributed by atoms with van der Waals surface area (Å²) in [5.74, 6) is -2.78. The molecular formula is C24H18FN3O5S. The SMILES string of the molecule is O=C(COC(=O)Cn1nc(-c2ccc(F)cc2)oc1=O)Nc1ccccc1Sc1ccccc1. The largest absolute Gasteiger partial charge is 0.454 e. The van der Waals surface area contributed by atoms with Crippen LogP contribution in [0.25, 0.3) is 11.5 Å². The maximum absolute atomic E-state index is 13.1. The summed E-state index contributed by atoms with van der Waals surface area (Å²) in [7, 11) is 0. The number of ether oxygens (including phenoxy) is 1. The van der Waals surface area contributed by atoms with Crippen LogP contribution in [0, 0.1) is 5.82 Å². The average molecular weight is 479 g/mol. The van der Waals surface area contributed by atoms with Gasteiger partial charge in [0, 0.05) is 15.4 Å². The van der Waals surface area contributed by atoms with E-state index in [1.165, 1.54) is 36.0 Å². The van der Waals surface area contributed by atoms with E-state index in [0.29, 0.717) is 11.3 Å². The van der Waals surface area contributed by atoms with Crippen LogP contribution in [0.2, 0.25) is 0 Å². The standard InChI is InChI=1S/C24H18FN3O5S/c25-17-12-10-16(11-13-17)23-27-28(24(31)33-23)14-22(30)32-15-21(29)26-19-8-4-5-9-20(19)34-18-6-2-1-3-7-18/h1-13H,14-15H2,(H,26,29). The van der Waals surface area contributed by atoms with Gasteiger partial charge in [-0.15, -0.1) is 5.10 Å². The van der Waals surface area contributed by atoms with Crippen LogP contribution in [0.15, 0.2) is 97.9 Å². The summed E-state index contributed by atoms with van der Waals surface area (Å²) >= 11 is 1.49. The number of amides is 1. The maximum Gasteiger partial charge on any atom is 0.437 e. The second kappa shape index (κ2) is 10.6. The number of para-hydroxylation sites is 1. The zero-order valence-electron chi connectivity index (χ0n) is 17.6. The van der Waals surface area contributed by atoms with Crippen LogP contribution in [0.3, 0.4) is 0 Å². The molecule has 1 heterocycles. The molecule has 0 fully saturated rings. The van der Waals surface area contributed by atoms with Crippen LogP contribution < -0.4 is 11.1 Å². The minimum absolute atomic E-state index is 0.0666. The number of esters is 1. The highest BCUT2D eigenvalue weighted by Gasteiger charge is 2.16. The Morgan fingerprint density at radius 1 is 1.00 bits per heavy atom. The van der Waals surface area contributed by atoms with Crippen molar-refractivity contribution in [1.82, 2.24) is 9.78 Å². The van der Waals surface area contributed by atoms with Gasteiger partial charge >= 0.3 is 11.7 Å². The number of benzene rings is 3. The first-order valence-corrected chi connectivity index (χ1v) is 10.9. The number of hydrogen-bond donors (Lipinski definition) is 1. The van der Waals surface area contributed by atoms with Crippen molar-refractivity contribution in [2.75, 3.05) is 11.9 Å². The summed E-state index contributed by atoms with van der Waals surface area (Å²) in [6.07, 6.45) is 0. The molecule has 0 aliphatic rings. The lowest BCUT2D eigenvalue weighted by atomic mass is 10.2. The lowest BCUT2D eigenvalue weighted by Crippen LogP contribution is -2.26. The molecule has 1 aromatic heterocycles. The molecule has 0 saturated heterocycles. The highest BCUT2D eigenvalue weighted by molar-refractivity contribution is 7.99. The van der Waals surface area contributed by atoms with Gasteiger partial charge in [0.05, 0.1) is 5.69 Å². The van der Waals surface area contributed by atoms with Gasteiger partial charge in [-0.1, -0.05) is 42.1 Å². The zero-order chi connectivity index (χ0) is 23.9. The van der Waals surface area contributed by atoms with E-state index in [1.807, 2.05) is 42.5 Å². The number of anilines is 1. The highest BCUT2D eigenvalue weighted by Crippen LogP contribution is 2.33. The quantitative estimate of drug-likeness (QED) is 0.381. The number of hydrogen-bond acceptors (Lipinski definition) is 7. The minimum atomic E-state index is -0.882. The number of nitrogens with zero attached hydrogens (tertiary/aromatic N) is 2. The number of halogens is 1. The van der Waals surface area contributed by atoms with Gasteiger partial charge in [-0.3, -0.25) is 9.59 Å². The summed E-state index contributed by atoms with van der Waals surface area (Å²) in [6.45, 7) is -1.09. The van der Waals surface area contributed by atoms with Gasteiger partial charge in [-0.25, -0.2) is 9.18 Å². The third-order valence-electron chi connectivity index (χ3n) is 4.47. The lowest BCUT2D eigenvalue weighted by molar-refractivity contribution is -0.148. The third kappa shape index (κ3) is 5.99.